The highest BCUT2D eigenvalue weighted by atomic mass is 16.5. The van der Waals surface area contributed by atoms with Crippen LogP contribution in [0, 0.1) is 5.92 Å². The molecule has 4 heterocycles. The van der Waals surface area contributed by atoms with Crippen molar-refractivity contribution in [3.63, 3.8) is 0 Å². The minimum absolute atomic E-state index is 0.0198. The van der Waals surface area contributed by atoms with Gasteiger partial charge < -0.3 is 15.0 Å². The number of aromatic nitrogens is 1. The summed E-state index contributed by atoms with van der Waals surface area (Å²) in [5, 5.41) is 3.22. The highest BCUT2D eigenvalue weighted by molar-refractivity contribution is 5.82. The molecule has 6 heteroatoms. The molecular weight excluding hydrogens is 306 g/mol. The molecule has 0 aromatic carbocycles. The predicted molar refractivity (Wildman–Crippen MR) is 87.2 cm³/mol. The van der Waals surface area contributed by atoms with Gasteiger partial charge in [-0.2, -0.15) is 0 Å². The second kappa shape index (κ2) is 6.16. The zero-order chi connectivity index (χ0) is 16.6. The molecule has 1 aromatic heterocycles. The lowest BCUT2D eigenvalue weighted by Gasteiger charge is -2.43. The van der Waals surface area contributed by atoms with Gasteiger partial charge in [0.25, 0.3) is 0 Å². The van der Waals surface area contributed by atoms with E-state index in [0.29, 0.717) is 32.7 Å². The first-order valence-corrected chi connectivity index (χ1v) is 8.75. The van der Waals surface area contributed by atoms with Gasteiger partial charge in [-0.05, 0) is 30.9 Å². The van der Waals surface area contributed by atoms with Gasteiger partial charge in [0.15, 0.2) is 0 Å². The van der Waals surface area contributed by atoms with Crippen LogP contribution in [-0.4, -0.2) is 53.5 Å². The maximum Gasteiger partial charge on any atom is 0.228 e. The summed E-state index contributed by atoms with van der Waals surface area (Å²) in [6, 6.07) is 3.97. The van der Waals surface area contributed by atoms with Crippen LogP contribution in [0.5, 0.6) is 0 Å². The molecule has 1 N–H and O–H groups in total. The van der Waals surface area contributed by atoms with Crippen LogP contribution in [0.25, 0.3) is 0 Å². The molecule has 2 amide bonds. The molecule has 6 nitrogen and oxygen atoms in total. The fourth-order valence-corrected chi connectivity index (χ4v) is 4.40. The van der Waals surface area contributed by atoms with Gasteiger partial charge in [-0.25, -0.2) is 0 Å². The molecule has 3 saturated heterocycles. The Bertz CT molecular complexity index is 620. The summed E-state index contributed by atoms with van der Waals surface area (Å²) in [4.78, 5) is 30.8. The number of rotatable bonds is 2. The van der Waals surface area contributed by atoms with Crippen molar-refractivity contribution in [1.29, 1.82) is 0 Å². The second-order valence-electron chi connectivity index (χ2n) is 7.13. The quantitative estimate of drug-likeness (QED) is 0.881. The summed E-state index contributed by atoms with van der Waals surface area (Å²) in [5.41, 5.74) is 0.878. The van der Waals surface area contributed by atoms with Crippen molar-refractivity contribution in [2.45, 2.75) is 37.1 Å². The minimum atomic E-state index is -0.233. The minimum Gasteiger partial charge on any atom is -0.381 e. The molecule has 2 atom stereocenters. The Morgan fingerprint density at radius 1 is 1.38 bits per heavy atom. The van der Waals surface area contributed by atoms with E-state index < -0.39 is 0 Å². The highest BCUT2D eigenvalue weighted by Crippen LogP contribution is 2.43. The Morgan fingerprint density at radius 2 is 2.21 bits per heavy atom. The fraction of sp³-hybridized carbons (Fsp3) is 0.611. The number of nitrogens with zero attached hydrogens (tertiary/aromatic N) is 2. The Labute approximate surface area is 141 Å². The Hall–Kier alpha value is -1.95. The summed E-state index contributed by atoms with van der Waals surface area (Å²) in [6.07, 6.45) is 6.56. The average molecular weight is 329 g/mol. The standard InChI is InChI=1S/C18H23N3O3/c22-16-10-15(13-2-1-6-19-11-13)18(20-16)4-7-21(8-5-18)17(23)14-3-9-24-12-14/h1-2,6,11,14-15H,3-5,7-10,12H2,(H,20,22)/t14-,15-/m0/s1. The number of carbonyl (C=O) groups excluding carboxylic acids is 2. The summed E-state index contributed by atoms with van der Waals surface area (Å²) in [5.74, 6) is 0.481. The third kappa shape index (κ3) is 2.69. The van der Waals surface area contributed by atoms with E-state index in [2.05, 4.69) is 10.3 Å². The first kappa shape index (κ1) is 15.6. The maximum absolute atomic E-state index is 12.6. The van der Waals surface area contributed by atoms with Crippen LogP contribution in [0.2, 0.25) is 0 Å². The van der Waals surface area contributed by atoms with E-state index in [1.165, 1.54) is 0 Å². The van der Waals surface area contributed by atoms with Gasteiger partial charge in [0, 0.05) is 44.4 Å². The van der Waals surface area contributed by atoms with Crippen molar-refractivity contribution in [1.82, 2.24) is 15.2 Å². The van der Waals surface area contributed by atoms with Crippen molar-refractivity contribution in [2.75, 3.05) is 26.3 Å². The van der Waals surface area contributed by atoms with Crippen molar-refractivity contribution < 1.29 is 14.3 Å². The lowest BCUT2D eigenvalue weighted by Crippen LogP contribution is -2.55. The third-order valence-corrected chi connectivity index (χ3v) is 5.78. The number of hydrogen-bond donors (Lipinski definition) is 1. The van der Waals surface area contributed by atoms with Gasteiger partial charge in [0.2, 0.25) is 11.8 Å². The maximum atomic E-state index is 12.6. The van der Waals surface area contributed by atoms with Crippen LogP contribution < -0.4 is 5.32 Å². The van der Waals surface area contributed by atoms with Gasteiger partial charge in [0.05, 0.1) is 18.1 Å². The van der Waals surface area contributed by atoms with Gasteiger partial charge >= 0.3 is 0 Å². The molecule has 4 rings (SSSR count). The number of piperidine rings is 1. The Kier molecular flexibility index (Phi) is 4.00. The third-order valence-electron chi connectivity index (χ3n) is 5.78. The largest absolute Gasteiger partial charge is 0.381 e. The van der Waals surface area contributed by atoms with Gasteiger partial charge in [-0.1, -0.05) is 6.07 Å². The molecule has 24 heavy (non-hydrogen) atoms. The average Bonchev–Trinajstić information content (AvgIpc) is 3.24. The lowest BCUT2D eigenvalue weighted by molar-refractivity contribution is -0.137. The van der Waals surface area contributed by atoms with Gasteiger partial charge in [0.1, 0.15) is 0 Å². The molecule has 0 unspecified atom stereocenters. The molecule has 3 aliphatic heterocycles. The summed E-state index contributed by atoms with van der Waals surface area (Å²) >= 11 is 0. The van der Waals surface area contributed by atoms with Gasteiger partial charge in [-0.3, -0.25) is 14.6 Å². The number of pyridine rings is 1. The number of likely N-dealkylation sites (tertiary alicyclic amines) is 1. The first-order valence-electron chi connectivity index (χ1n) is 8.75. The van der Waals surface area contributed by atoms with Crippen LogP contribution in [0.1, 0.15) is 37.2 Å². The van der Waals surface area contributed by atoms with Crippen molar-refractivity contribution in [3.8, 4) is 0 Å². The van der Waals surface area contributed by atoms with E-state index in [4.69, 9.17) is 4.74 Å². The molecule has 0 aliphatic carbocycles. The molecule has 0 bridgehead atoms. The normalized spacial score (nSPS) is 29.0. The molecular formula is C18H23N3O3. The Balaban J connectivity index is 1.48. The number of nitrogens with one attached hydrogen (secondary N) is 1. The van der Waals surface area contributed by atoms with Crippen LogP contribution in [0.4, 0.5) is 0 Å². The van der Waals surface area contributed by atoms with Crippen LogP contribution in [0.15, 0.2) is 24.5 Å². The summed E-state index contributed by atoms with van der Waals surface area (Å²) in [6.45, 7) is 2.64. The SMILES string of the molecule is O=C1C[C@@H](c2cccnc2)C2(CCN(C(=O)[C@H]3CCOC3)CC2)N1. The summed E-state index contributed by atoms with van der Waals surface area (Å²) < 4.78 is 5.34. The van der Waals surface area contributed by atoms with Crippen LogP contribution >= 0.6 is 0 Å². The molecule has 1 aromatic rings. The van der Waals surface area contributed by atoms with E-state index >= 15 is 0 Å². The van der Waals surface area contributed by atoms with Crippen LogP contribution in [0.3, 0.4) is 0 Å². The van der Waals surface area contributed by atoms with Crippen molar-refractivity contribution >= 4 is 11.8 Å². The highest BCUT2D eigenvalue weighted by Gasteiger charge is 2.49. The smallest absolute Gasteiger partial charge is 0.228 e. The van der Waals surface area contributed by atoms with E-state index in [0.717, 1.165) is 24.8 Å². The number of ether oxygens (including phenoxy) is 1. The molecule has 3 fully saturated rings. The molecule has 3 aliphatic rings. The summed E-state index contributed by atoms with van der Waals surface area (Å²) in [7, 11) is 0. The molecule has 0 radical (unpaired) electrons. The van der Waals surface area contributed by atoms with E-state index in [-0.39, 0.29) is 29.2 Å². The van der Waals surface area contributed by atoms with E-state index in [1.807, 2.05) is 23.2 Å². The molecule has 128 valence electrons. The van der Waals surface area contributed by atoms with E-state index in [1.54, 1.807) is 6.20 Å². The zero-order valence-corrected chi connectivity index (χ0v) is 13.7. The van der Waals surface area contributed by atoms with Gasteiger partial charge in [-0.15, -0.1) is 0 Å². The first-order chi connectivity index (χ1) is 11.7. The molecule has 0 saturated carbocycles. The lowest BCUT2D eigenvalue weighted by atomic mass is 9.74. The second-order valence-corrected chi connectivity index (χ2v) is 7.13. The topological polar surface area (TPSA) is 71.5 Å². The zero-order valence-electron chi connectivity index (χ0n) is 13.7. The number of amides is 2. The van der Waals surface area contributed by atoms with E-state index in [9.17, 15) is 9.59 Å². The fourth-order valence-electron chi connectivity index (χ4n) is 4.40. The monoisotopic (exact) mass is 329 g/mol. The number of carbonyl (C=O) groups is 2. The van der Waals surface area contributed by atoms with Crippen molar-refractivity contribution in [3.05, 3.63) is 30.1 Å². The molecule has 1 spiro atoms. The predicted octanol–water partition coefficient (Wildman–Crippen LogP) is 1.08. The van der Waals surface area contributed by atoms with Crippen LogP contribution in [-0.2, 0) is 14.3 Å². The number of hydrogen-bond acceptors (Lipinski definition) is 4. The Morgan fingerprint density at radius 3 is 2.88 bits per heavy atom. The van der Waals surface area contributed by atoms with Crippen molar-refractivity contribution in [2.24, 2.45) is 5.92 Å².